The Labute approximate surface area is 290 Å². The van der Waals surface area contributed by atoms with Crippen LogP contribution in [-0.4, -0.2) is 71.4 Å². The standard InChI is InChI=1S/C37H44FN3O7.ClH/c1-4-40-19-25(33(45)24-16-27(38)29(17-28(24)40)41-13-11-39-12-14-41)34(46)48-20-31(44)37(47)10-8-26-23-6-5-21-15-22(42)7-9-35(21,2)32(23)30(43)18-36(26,37)3;/h15-17,19,23,26,32,39,47H,4-14,18,20H2,1-3H3;1H/t23-,26-,32+,35-,36-,37-;/m0./s1. The molecule has 0 bridgehead atoms. The van der Waals surface area contributed by atoms with Crippen LogP contribution in [-0.2, 0) is 25.7 Å². The number of ether oxygens (including phenoxy) is 1. The summed E-state index contributed by atoms with van der Waals surface area (Å²) in [5, 5.41) is 15.3. The molecule has 6 atom stereocenters. The highest BCUT2D eigenvalue weighted by molar-refractivity contribution is 5.98. The number of hydrogen-bond donors (Lipinski definition) is 2. The van der Waals surface area contributed by atoms with E-state index in [-0.39, 0.29) is 65.5 Å². The van der Waals surface area contributed by atoms with Crippen molar-refractivity contribution in [1.82, 2.24) is 9.88 Å². The molecule has 0 unspecified atom stereocenters. The Hall–Kier alpha value is -3.41. The summed E-state index contributed by atoms with van der Waals surface area (Å²) in [7, 11) is 0. The highest BCUT2D eigenvalue weighted by atomic mass is 35.5. The van der Waals surface area contributed by atoms with Gasteiger partial charge in [0.05, 0.1) is 11.2 Å². The van der Waals surface area contributed by atoms with Crippen LogP contribution in [0, 0.1) is 34.4 Å². The number of carbonyl (C=O) groups is 4. The molecule has 10 nitrogen and oxygen atoms in total. The molecule has 4 fully saturated rings. The van der Waals surface area contributed by atoms with E-state index in [2.05, 4.69) is 12.2 Å². The second-order valence-corrected chi connectivity index (χ2v) is 15.0. The fourth-order valence-electron chi connectivity index (χ4n) is 10.1. The number of nitrogens with zero attached hydrogens (tertiary/aromatic N) is 2. The van der Waals surface area contributed by atoms with Crippen molar-refractivity contribution in [1.29, 1.82) is 0 Å². The van der Waals surface area contributed by atoms with Crippen LogP contribution >= 0.6 is 12.4 Å². The molecule has 1 saturated heterocycles. The van der Waals surface area contributed by atoms with Crippen molar-refractivity contribution in [2.45, 2.75) is 77.9 Å². The Bertz CT molecular complexity index is 1840. The van der Waals surface area contributed by atoms with Gasteiger partial charge < -0.3 is 24.6 Å². The summed E-state index contributed by atoms with van der Waals surface area (Å²) in [5.41, 5.74) is -2.40. The third-order valence-corrected chi connectivity index (χ3v) is 12.8. The quantitative estimate of drug-likeness (QED) is 0.427. The van der Waals surface area contributed by atoms with E-state index in [1.165, 1.54) is 6.20 Å². The van der Waals surface area contributed by atoms with Crippen LogP contribution in [0.2, 0.25) is 0 Å². The van der Waals surface area contributed by atoms with E-state index in [9.17, 15) is 29.1 Å². The van der Waals surface area contributed by atoms with Gasteiger partial charge in [0.15, 0.2) is 12.4 Å². The van der Waals surface area contributed by atoms with E-state index in [0.717, 1.165) is 31.1 Å². The highest BCUT2D eigenvalue weighted by Gasteiger charge is 2.68. The van der Waals surface area contributed by atoms with E-state index in [1.54, 1.807) is 16.7 Å². The van der Waals surface area contributed by atoms with Gasteiger partial charge in [0.2, 0.25) is 11.2 Å². The number of aromatic nitrogens is 1. The number of hydrogen-bond acceptors (Lipinski definition) is 9. The molecule has 3 saturated carbocycles. The first kappa shape index (κ1) is 35.4. The van der Waals surface area contributed by atoms with Gasteiger partial charge in [-0.3, -0.25) is 19.2 Å². The van der Waals surface area contributed by atoms with Gasteiger partial charge in [-0.15, -0.1) is 12.4 Å². The topological polar surface area (TPSA) is 135 Å². The zero-order valence-corrected chi connectivity index (χ0v) is 29.1. The lowest BCUT2D eigenvalue weighted by molar-refractivity contribution is -0.170. The van der Waals surface area contributed by atoms with Crippen molar-refractivity contribution in [3.05, 3.63) is 51.6 Å². The van der Waals surface area contributed by atoms with Crippen molar-refractivity contribution in [3.8, 4) is 0 Å². The molecule has 2 N–H and O–H groups in total. The monoisotopic (exact) mass is 697 g/mol. The predicted octanol–water partition coefficient (Wildman–Crippen LogP) is 4.16. The number of benzene rings is 1. The van der Waals surface area contributed by atoms with Crippen molar-refractivity contribution in [3.63, 3.8) is 0 Å². The van der Waals surface area contributed by atoms with Crippen molar-refractivity contribution < 1.29 is 33.4 Å². The van der Waals surface area contributed by atoms with Crippen LogP contribution < -0.4 is 15.6 Å². The molecule has 264 valence electrons. The van der Waals surface area contributed by atoms with Gasteiger partial charge in [-0.05, 0) is 74.5 Å². The molecule has 1 aromatic heterocycles. The number of carbonyl (C=O) groups excluding carboxylic acids is 4. The average molecular weight is 698 g/mol. The first-order chi connectivity index (χ1) is 22.8. The van der Waals surface area contributed by atoms with Crippen LogP contribution in [0.25, 0.3) is 10.9 Å². The van der Waals surface area contributed by atoms with Gasteiger partial charge in [0.25, 0.3) is 0 Å². The van der Waals surface area contributed by atoms with Gasteiger partial charge in [0.1, 0.15) is 22.8 Å². The van der Waals surface area contributed by atoms with E-state index in [1.807, 2.05) is 18.7 Å². The predicted molar refractivity (Wildman–Crippen MR) is 184 cm³/mol. The molecule has 1 aromatic carbocycles. The van der Waals surface area contributed by atoms with Gasteiger partial charge in [-0.1, -0.05) is 19.4 Å². The molecular formula is C37H45ClFN3O7. The first-order valence-corrected chi connectivity index (χ1v) is 17.3. The second kappa shape index (κ2) is 12.7. The minimum atomic E-state index is -1.88. The second-order valence-electron chi connectivity index (χ2n) is 15.0. The SMILES string of the molecule is CCn1cc(C(=O)OCC(=O)[C@@]2(O)CC[C@H]3[C@@H]4CCC5=CC(=O)CC[C@]5(C)[C@H]4C(=O)C[C@@]32C)c(=O)c2cc(F)c(N3CCNCC3)cc21.Cl. The fourth-order valence-corrected chi connectivity index (χ4v) is 10.1. The van der Waals surface area contributed by atoms with E-state index < -0.39 is 46.0 Å². The molecule has 5 aliphatic rings. The number of esters is 1. The molecule has 2 heterocycles. The number of piperazine rings is 1. The minimum Gasteiger partial charge on any atom is -0.454 e. The Morgan fingerprint density at radius 3 is 2.53 bits per heavy atom. The normalized spacial score (nSPS) is 32.5. The number of anilines is 1. The molecule has 0 amide bonds. The zero-order chi connectivity index (χ0) is 34.2. The lowest BCUT2D eigenvalue weighted by Gasteiger charge is -2.57. The van der Waals surface area contributed by atoms with Crippen LogP contribution in [0.1, 0.15) is 76.1 Å². The van der Waals surface area contributed by atoms with Crippen LogP contribution in [0.3, 0.4) is 0 Å². The summed E-state index contributed by atoms with van der Waals surface area (Å²) >= 11 is 0. The Morgan fingerprint density at radius 2 is 1.82 bits per heavy atom. The number of fused-ring (bicyclic) bond motifs is 6. The summed E-state index contributed by atoms with van der Waals surface area (Å²) < 4.78 is 22.4. The Balaban J connectivity index is 0.00000417. The molecule has 1 aliphatic heterocycles. The van der Waals surface area contributed by atoms with Crippen molar-refractivity contribution in [2.24, 2.45) is 28.6 Å². The fraction of sp³-hybridized carbons (Fsp3) is 0.595. The van der Waals surface area contributed by atoms with Crippen LogP contribution in [0.15, 0.2) is 34.8 Å². The molecular weight excluding hydrogens is 653 g/mol. The first-order valence-electron chi connectivity index (χ1n) is 17.3. The number of Topliss-reactive ketones (excluding diaryl/α,β-unsaturated/α-hetero) is 2. The van der Waals surface area contributed by atoms with Crippen LogP contribution in [0.5, 0.6) is 0 Å². The number of rotatable bonds is 6. The third-order valence-electron chi connectivity index (χ3n) is 12.8. The number of halogens is 2. The van der Waals surface area contributed by atoms with E-state index in [4.69, 9.17) is 4.74 Å². The maximum atomic E-state index is 15.3. The third kappa shape index (κ3) is 5.38. The molecule has 49 heavy (non-hydrogen) atoms. The smallest absolute Gasteiger partial charge is 0.344 e. The van der Waals surface area contributed by atoms with E-state index in [0.29, 0.717) is 56.5 Å². The maximum absolute atomic E-state index is 15.3. The molecule has 7 rings (SSSR count). The summed E-state index contributed by atoms with van der Waals surface area (Å²) in [4.78, 5) is 68.6. The average Bonchev–Trinajstić information content (AvgIpc) is 3.34. The summed E-state index contributed by atoms with van der Waals surface area (Å²) in [6.07, 6.45) is 6.32. The number of ketones is 3. The summed E-state index contributed by atoms with van der Waals surface area (Å²) in [6, 6.07) is 2.80. The molecule has 12 heteroatoms. The summed E-state index contributed by atoms with van der Waals surface area (Å²) in [6.45, 7) is 8.06. The van der Waals surface area contributed by atoms with Crippen molar-refractivity contribution in [2.75, 3.05) is 37.7 Å². The van der Waals surface area contributed by atoms with Crippen LogP contribution in [0.4, 0.5) is 10.1 Å². The number of nitrogens with one attached hydrogen (secondary N) is 1. The summed E-state index contributed by atoms with van der Waals surface area (Å²) in [5.74, 6) is -2.53. The number of aliphatic hydroxyl groups is 1. The van der Waals surface area contributed by atoms with E-state index >= 15 is 4.39 Å². The van der Waals surface area contributed by atoms with Crippen molar-refractivity contribution >= 4 is 52.3 Å². The highest BCUT2D eigenvalue weighted by Crippen LogP contribution is 2.66. The van der Waals surface area contributed by atoms with Gasteiger partial charge in [-0.25, -0.2) is 9.18 Å². The Kier molecular flexibility index (Phi) is 9.20. The zero-order valence-electron chi connectivity index (χ0n) is 28.3. The number of aryl methyl sites for hydroxylation is 1. The van der Waals surface area contributed by atoms with Gasteiger partial charge >= 0.3 is 5.97 Å². The van der Waals surface area contributed by atoms with Gasteiger partial charge in [0, 0.05) is 68.5 Å². The Morgan fingerprint density at radius 1 is 1.08 bits per heavy atom. The number of allylic oxidation sites excluding steroid dienone is 1. The maximum Gasteiger partial charge on any atom is 0.344 e. The lowest BCUT2D eigenvalue weighted by atomic mass is 9.46. The molecule has 4 aliphatic carbocycles. The molecule has 0 spiro atoms. The largest absolute Gasteiger partial charge is 0.454 e. The molecule has 0 radical (unpaired) electrons. The number of pyridine rings is 1. The molecule has 2 aromatic rings. The lowest BCUT2D eigenvalue weighted by Crippen LogP contribution is -2.61. The minimum absolute atomic E-state index is 0. The van der Waals surface area contributed by atoms with Gasteiger partial charge in [-0.2, -0.15) is 0 Å².